The maximum absolute atomic E-state index is 13.0. The zero-order valence-electron chi connectivity index (χ0n) is 15.3. The van der Waals surface area contributed by atoms with E-state index < -0.39 is 22.1 Å². The molecule has 28 heavy (non-hydrogen) atoms. The molecule has 144 valence electrons. The highest BCUT2D eigenvalue weighted by Gasteiger charge is 2.43. The summed E-state index contributed by atoms with van der Waals surface area (Å²) in [5.74, 6) is -0.934. The number of H-pyrrole nitrogens is 2. The van der Waals surface area contributed by atoms with E-state index in [2.05, 4.69) is 15.3 Å². The number of hydrogen-bond acceptors (Lipinski definition) is 6. The molecule has 1 aliphatic heterocycles. The second-order valence-electron chi connectivity index (χ2n) is 7.90. The number of Topliss-reactive ketones (excluding diaryl/α,β-unsaturated/α-hetero) is 1. The van der Waals surface area contributed by atoms with Crippen LogP contribution < -0.4 is 16.6 Å². The molecule has 9 nitrogen and oxygen atoms in total. The number of para-hydroxylation sites is 1. The first kappa shape index (κ1) is 17.9. The molecule has 9 heteroatoms. The third-order valence-electron chi connectivity index (χ3n) is 5.20. The van der Waals surface area contributed by atoms with Crippen LogP contribution in [0.1, 0.15) is 43.7 Å². The van der Waals surface area contributed by atoms with Crippen LogP contribution in [0.4, 0.5) is 11.5 Å². The molecule has 0 spiro atoms. The topological polar surface area (TPSA) is 138 Å². The van der Waals surface area contributed by atoms with Gasteiger partial charge in [-0.1, -0.05) is 32.0 Å². The fourth-order valence-corrected chi connectivity index (χ4v) is 4.16. The van der Waals surface area contributed by atoms with Crippen molar-refractivity contribution in [3.05, 3.63) is 77.6 Å². The number of carbonyl (C=O) groups is 1. The van der Waals surface area contributed by atoms with Crippen molar-refractivity contribution in [3.8, 4) is 0 Å². The summed E-state index contributed by atoms with van der Waals surface area (Å²) in [5, 5.41) is 14.6. The maximum Gasteiger partial charge on any atom is 0.327 e. The molecule has 0 unspecified atom stereocenters. The number of carbonyl (C=O) groups excluding carboxylic acids is 1. The lowest BCUT2D eigenvalue weighted by molar-refractivity contribution is -0.385. The van der Waals surface area contributed by atoms with Crippen molar-refractivity contribution in [3.63, 3.8) is 0 Å². The Hall–Kier alpha value is -3.49. The minimum absolute atomic E-state index is 0.0979. The lowest BCUT2D eigenvalue weighted by Crippen LogP contribution is -2.39. The van der Waals surface area contributed by atoms with Crippen molar-refractivity contribution in [1.29, 1.82) is 0 Å². The van der Waals surface area contributed by atoms with Gasteiger partial charge in [0, 0.05) is 29.3 Å². The predicted octanol–water partition coefficient (Wildman–Crippen LogP) is 2.17. The zero-order valence-corrected chi connectivity index (χ0v) is 15.3. The quantitative estimate of drug-likeness (QED) is 0.537. The van der Waals surface area contributed by atoms with Gasteiger partial charge >= 0.3 is 5.69 Å². The fourth-order valence-electron chi connectivity index (χ4n) is 4.16. The summed E-state index contributed by atoms with van der Waals surface area (Å²) < 4.78 is 0. The number of nitrogens with one attached hydrogen (secondary N) is 3. The molecular weight excluding hydrogens is 364 g/mol. The summed E-state index contributed by atoms with van der Waals surface area (Å²) >= 11 is 0. The molecule has 4 rings (SSSR count). The molecular formula is C19H18N4O5. The van der Waals surface area contributed by atoms with Crippen LogP contribution in [-0.2, 0) is 4.79 Å². The number of nitrogens with zero attached hydrogens (tertiary/aromatic N) is 1. The normalized spacial score (nSPS) is 20.2. The Morgan fingerprint density at radius 2 is 1.82 bits per heavy atom. The van der Waals surface area contributed by atoms with Gasteiger partial charge in [0.15, 0.2) is 5.78 Å². The van der Waals surface area contributed by atoms with Crippen LogP contribution in [0.5, 0.6) is 0 Å². The third kappa shape index (κ3) is 2.75. The number of anilines is 1. The maximum atomic E-state index is 13.0. The SMILES string of the molecule is CC1(C)CC(=O)C2=C(C1)Nc1[nH]c(=O)[nH]c(=O)c1[C@@H]2c1ccccc1[N+](=O)[O-]. The van der Waals surface area contributed by atoms with E-state index in [1.807, 2.05) is 13.8 Å². The number of fused-ring (bicyclic) bond motifs is 1. The Labute approximate surface area is 158 Å². The standard InChI is InChI=1S/C19H18N4O5/c1-19(2)7-10-14(12(24)8-19)13(9-5-3-4-6-11(9)23(27)28)15-16(20-10)21-18(26)22-17(15)25/h3-6,13H,7-8H2,1-2H3,(H3,20,21,22,25,26)/t13-/m1/s1. The zero-order chi connectivity index (χ0) is 20.2. The van der Waals surface area contributed by atoms with Gasteiger partial charge in [-0.3, -0.25) is 29.7 Å². The number of benzene rings is 1. The first-order valence-corrected chi connectivity index (χ1v) is 8.81. The molecule has 0 saturated heterocycles. The van der Waals surface area contributed by atoms with Crippen molar-refractivity contribution >= 4 is 17.3 Å². The van der Waals surface area contributed by atoms with Crippen molar-refractivity contribution in [1.82, 2.24) is 9.97 Å². The summed E-state index contributed by atoms with van der Waals surface area (Å²) in [6, 6.07) is 6.04. The number of rotatable bonds is 2. The van der Waals surface area contributed by atoms with E-state index in [0.717, 1.165) is 0 Å². The number of nitro benzene ring substituents is 1. The van der Waals surface area contributed by atoms with Gasteiger partial charge in [-0.15, -0.1) is 0 Å². The van der Waals surface area contributed by atoms with Gasteiger partial charge < -0.3 is 5.32 Å². The van der Waals surface area contributed by atoms with Gasteiger partial charge in [-0.25, -0.2) is 4.79 Å². The summed E-state index contributed by atoms with van der Waals surface area (Å²) in [4.78, 5) is 53.3. The highest BCUT2D eigenvalue weighted by atomic mass is 16.6. The first-order valence-electron chi connectivity index (χ1n) is 8.81. The van der Waals surface area contributed by atoms with E-state index >= 15 is 0 Å². The lowest BCUT2D eigenvalue weighted by atomic mass is 9.69. The van der Waals surface area contributed by atoms with Crippen LogP contribution in [0, 0.1) is 15.5 Å². The molecule has 0 radical (unpaired) electrons. The van der Waals surface area contributed by atoms with Crippen LogP contribution in [0.2, 0.25) is 0 Å². The summed E-state index contributed by atoms with van der Waals surface area (Å²) in [6.07, 6.45) is 0.778. The molecule has 0 amide bonds. The first-order chi connectivity index (χ1) is 13.2. The van der Waals surface area contributed by atoms with Gasteiger partial charge in [-0.2, -0.15) is 0 Å². The highest BCUT2D eigenvalue weighted by molar-refractivity contribution is 6.01. The van der Waals surface area contributed by atoms with Crippen molar-refractivity contribution < 1.29 is 9.72 Å². The smallest absolute Gasteiger partial charge is 0.327 e. The van der Waals surface area contributed by atoms with E-state index in [1.165, 1.54) is 12.1 Å². The Morgan fingerprint density at radius 1 is 1.11 bits per heavy atom. The second-order valence-corrected chi connectivity index (χ2v) is 7.90. The van der Waals surface area contributed by atoms with Gasteiger partial charge in [0.1, 0.15) is 5.82 Å². The molecule has 0 bridgehead atoms. The molecule has 0 saturated carbocycles. The van der Waals surface area contributed by atoms with E-state index in [-0.39, 0.29) is 40.3 Å². The van der Waals surface area contributed by atoms with Crippen LogP contribution in [-0.4, -0.2) is 20.7 Å². The van der Waals surface area contributed by atoms with E-state index in [0.29, 0.717) is 17.7 Å². The summed E-state index contributed by atoms with van der Waals surface area (Å²) in [7, 11) is 0. The third-order valence-corrected chi connectivity index (χ3v) is 5.20. The number of ketones is 1. The second kappa shape index (κ2) is 6.01. The van der Waals surface area contributed by atoms with Crippen LogP contribution >= 0.6 is 0 Å². The molecule has 1 aromatic carbocycles. The van der Waals surface area contributed by atoms with Crippen LogP contribution in [0.25, 0.3) is 0 Å². The van der Waals surface area contributed by atoms with Crippen molar-refractivity contribution in [2.45, 2.75) is 32.6 Å². The highest BCUT2D eigenvalue weighted by Crippen LogP contribution is 2.48. The molecule has 2 aromatic rings. The van der Waals surface area contributed by atoms with E-state index in [1.54, 1.807) is 12.1 Å². The Morgan fingerprint density at radius 3 is 2.54 bits per heavy atom. The number of nitro groups is 1. The van der Waals surface area contributed by atoms with Crippen molar-refractivity contribution in [2.24, 2.45) is 5.41 Å². The molecule has 3 N–H and O–H groups in total. The molecule has 2 aliphatic rings. The Balaban J connectivity index is 2.06. The molecule has 1 atom stereocenters. The van der Waals surface area contributed by atoms with E-state index in [4.69, 9.17) is 0 Å². The molecule has 0 fully saturated rings. The van der Waals surface area contributed by atoms with Gasteiger partial charge in [-0.05, 0) is 11.8 Å². The monoisotopic (exact) mass is 382 g/mol. The van der Waals surface area contributed by atoms with Crippen LogP contribution in [0.3, 0.4) is 0 Å². The van der Waals surface area contributed by atoms with Crippen molar-refractivity contribution in [2.75, 3.05) is 5.32 Å². The Bertz CT molecular complexity index is 1170. The van der Waals surface area contributed by atoms with E-state index in [9.17, 15) is 24.5 Å². The van der Waals surface area contributed by atoms with Gasteiger partial charge in [0.25, 0.3) is 11.2 Å². The van der Waals surface area contributed by atoms with Crippen LogP contribution in [0.15, 0.2) is 45.1 Å². The number of aromatic amines is 2. The fraction of sp³-hybridized carbons (Fsp3) is 0.316. The largest absolute Gasteiger partial charge is 0.344 e. The van der Waals surface area contributed by atoms with Gasteiger partial charge in [0.2, 0.25) is 0 Å². The molecule has 1 aromatic heterocycles. The number of aromatic nitrogens is 2. The summed E-state index contributed by atoms with van der Waals surface area (Å²) in [6.45, 7) is 3.90. The number of allylic oxidation sites excluding steroid dienone is 2. The number of hydrogen-bond donors (Lipinski definition) is 3. The average molecular weight is 382 g/mol. The molecule has 1 aliphatic carbocycles. The minimum Gasteiger partial charge on any atom is -0.344 e. The predicted molar refractivity (Wildman–Crippen MR) is 101 cm³/mol. The lowest BCUT2D eigenvalue weighted by Gasteiger charge is -2.38. The minimum atomic E-state index is -0.933. The van der Waals surface area contributed by atoms with Gasteiger partial charge in [0.05, 0.1) is 16.4 Å². The average Bonchev–Trinajstić information content (AvgIpc) is 2.58. The molecule has 2 heterocycles. The summed E-state index contributed by atoms with van der Waals surface area (Å²) in [5.41, 5.74) is -0.599. The Kier molecular flexibility index (Phi) is 3.84.